The van der Waals surface area contributed by atoms with Gasteiger partial charge in [0.05, 0.1) is 0 Å². The highest BCUT2D eigenvalue weighted by molar-refractivity contribution is 5.47. The van der Waals surface area contributed by atoms with Crippen molar-refractivity contribution in [1.29, 1.82) is 0 Å². The first kappa shape index (κ1) is 14.0. The minimum absolute atomic E-state index is 0.257. The molecule has 0 aliphatic carbocycles. The number of hydrogen-bond donors (Lipinski definition) is 0. The number of benzene rings is 1. The molecule has 17 heavy (non-hydrogen) atoms. The Morgan fingerprint density at radius 3 is 1.88 bits per heavy atom. The van der Waals surface area contributed by atoms with Gasteiger partial charge in [0.1, 0.15) is 0 Å². The van der Waals surface area contributed by atoms with Gasteiger partial charge < -0.3 is 0 Å². The predicted molar refractivity (Wildman–Crippen MR) is 78.2 cm³/mol. The summed E-state index contributed by atoms with van der Waals surface area (Å²) in [6, 6.07) is 8.78. The normalized spacial score (nSPS) is 12.5. The molecule has 0 aromatic heterocycles. The molecule has 0 N–H and O–H groups in total. The first-order chi connectivity index (χ1) is 7.74. The second-order valence-corrected chi connectivity index (χ2v) is 6.77. The molecule has 0 aliphatic rings. The van der Waals surface area contributed by atoms with Gasteiger partial charge in [0, 0.05) is 0 Å². The molecule has 0 saturated heterocycles. The molecule has 1 rings (SSSR count). The van der Waals surface area contributed by atoms with Crippen molar-refractivity contribution in [1.82, 2.24) is 0 Å². The topological polar surface area (TPSA) is 0 Å². The minimum Gasteiger partial charge on any atom is -0.0985 e. The van der Waals surface area contributed by atoms with Crippen molar-refractivity contribution in [2.75, 3.05) is 0 Å². The molecule has 0 radical (unpaired) electrons. The molecule has 0 saturated carbocycles. The average Bonchev–Trinajstić information content (AvgIpc) is 2.26. The summed E-state index contributed by atoms with van der Waals surface area (Å²) in [6.07, 6.45) is 4.37. The van der Waals surface area contributed by atoms with Crippen molar-refractivity contribution in [2.45, 2.75) is 52.9 Å². The lowest BCUT2D eigenvalue weighted by atomic mass is 9.76. The van der Waals surface area contributed by atoms with Crippen molar-refractivity contribution in [3.63, 3.8) is 0 Å². The summed E-state index contributed by atoms with van der Waals surface area (Å²) >= 11 is 0. The highest BCUT2D eigenvalue weighted by Gasteiger charge is 2.23. The Hall–Kier alpha value is -1.04. The van der Waals surface area contributed by atoms with E-state index in [1.54, 1.807) is 0 Å². The monoisotopic (exact) mass is 230 g/mol. The van der Waals surface area contributed by atoms with Crippen LogP contribution in [0.1, 0.15) is 58.6 Å². The van der Waals surface area contributed by atoms with E-state index in [2.05, 4.69) is 65.5 Å². The quantitative estimate of drug-likeness (QED) is 0.646. The maximum Gasteiger partial charge on any atom is -0.0103 e. The van der Waals surface area contributed by atoms with Crippen LogP contribution in [0.2, 0.25) is 0 Å². The van der Waals surface area contributed by atoms with Gasteiger partial charge in [-0.25, -0.2) is 0 Å². The standard InChI is InChI=1S/C17H26/c1-7-14-8-10-15(11-9-14)17(5,6)13-12-16(2,3)4/h7-11H,1,12-13H2,2-6H3. The van der Waals surface area contributed by atoms with Gasteiger partial charge in [-0.05, 0) is 34.8 Å². The van der Waals surface area contributed by atoms with Crippen molar-refractivity contribution in [2.24, 2.45) is 5.41 Å². The molecule has 0 unspecified atom stereocenters. The van der Waals surface area contributed by atoms with Crippen LogP contribution in [0.15, 0.2) is 30.8 Å². The van der Waals surface area contributed by atoms with E-state index in [4.69, 9.17) is 0 Å². The summed E-state index contributed by atoms with van der Waals surface area (Å²) in [7, 11) is 0. The lowest BCUT2D eigenvalue weighted by molar-refractivity contribution is 0.315. The molecule has 0 heterocycles. The molecule has 1 aromatic rings. The van der Waals surface area contributed by atoms with Crippen molar-refractivity contribution >= 4 is 6.08 Å². The fourth-order valence-corrected chi connectivity index (χ4v) is 1.90. The van der Waals surface area contributed by atoms with Crippen LogP contribution >= 0.6 is 0 Å². The van der Waals surface area contributed by atoms with Crippen molar-refractivity contribution in [3.8, 4) is 0 Å². The first-order valence-corrected chi connectivity index (χ1v) is 6.48. The molecule has 0 amide bonds. The second kappa shape index (κ2) is 5.08. The highest BCUT2D eigenvalue weighted by Crippen LogP contribution is 2.33. The molecule has 94 valence electrons. The zero-order chi connectivity index (χ0) is 13.1. The molecule has 0 aliphatic heterocycles. The maximum absolute atomic E-state index is 3.79. The fourth-order valence-electron chi connectivity index (χ4n) is 1.90. The minimum atomic E-state index is 0.257. The van der Waals surface area contributed by atoms with Crippen LogP contribution in [0.5, 0.6) is 0 Å². The van der Waals surface area contributed by atoms with Gasteiger partial charge in [0.2, 0.25) is 0 Å². The van der Waals surface area contributed by atoms with E-state index in [0.29, 0.717) is 5.41 Å². The van der Waals surface area contributed by atoms with E-state index in [0.717, 1.165) is 0 Å². The highest BCUT2D eigenvalue weighted by atomic mass is 14.3. The van der Waals surface area contributed by atoms with Gasteiger partial charge in [-0.1, -0.05) is 71.5 Å². The first-order valence-electron chi connectivity index (χ1n) is 6.48. The summed E-state index contributed by atoms with van der Waals surface area (Å²) in [4.78, 5) is 0. The van der Waals surface area contributed by atoms with Crippen LogP contribution in [0, 0.1) is 5.41 Å². The van der Waals surface area contributed by atoms with E-state index in [9.17, 15) is 0 Å². The van der Waals surface area contributed by atoms with Crippen LogP contribution < -0.4 is 0 Å². The second-order valence-electron chi connectivity index (χ2n) is 6.77. The van der Waals surface area contributed by atoms with E-state index in [-0.39, 0.29) is 5.41 Å². The lowest BCUT2D eigenvalue weighted by Crippen LogP contribution is -2.20. The molecule has 0 bridgehead atoms. The van der Waals surface area contributed by atoms with Gasteiger partial charge in [0.15, 0.2) is 0 Å². The Morgan fingerprint density at radius 1 is 0.941 bits per heavy atom. The van der Waals surface area contributed by atoms with Gasteiger partial charge in [-0.15, -0.1) is 0 Å². The Bertz CT molecular complexity index is 360. The lowest BCUT2D eigenvalue weighted by Gasteiger charge is -2.29. The molecule has 0 spiro atoms. The Balaban J connectivity index is 2.77. The molecule has 0 heteroatoms. The molecule has 0 atom stereocenters. The van der Waals surface area contributed by atoms with Crippen molar-refractivity contribution < 1.29 is 0 Å². The summed E-state index contributed by atoms with van der Waals surface area (Å²) in [6.45, 7) is 15.4. The largest absolute Gasteiger partial charge is 0.0985 e. The smallest absolute Gasteiger partial charge is 0.0103 e. The summed E-state index contributed by atoms with van der Waals surface area (Å²) < 4.78 is 0. The Labute approximate surface area is 107 Å². The summed E-state index contributed by atoms with van der Waals surface area (Å²) in [5.41, 5.74) is 3.29. The predicted octanol–water partition coefficient (Wildman–Crippen LogP) is 5.43. The van der Waals surface area contributed by atoms with Gasteiger partial charge >= 0.3 is 0 Å². The molecular formula is C17H26. The van der Waals surface area contributed by atoms with Gasteiger partial charge in [0.25, 0.3) is 0 Å². The number of hydrogen-bond acceptors (Lipinski definition) is 0. The third-order valence-electron chi connectivity index (χ3n) is 3.43. The van der Waals surface area contributed by atoms with E-state index >= 15 is 0 Å². The van der Waals surface area contributed by atoms with Crippen LogP contribution in [-0.2, 0) is 5.41 Å². The Morgan fingerprint density at radius 2 is 1.47 bits per heavy atom. The maximum atomic E-state index is 3.79. The van der Waals surface area contributed by atoms with E-state index < -0.39 is 0 Å². The SMILES string of the molecule is C=Cc1ccc(C(C)(C)CCC(C)(C)C)cc1. The summed E-state index contributed by atoms with van der Waals surface area (Å²) in [5, 5.41) is 0. The van der Waals surface area contributed by atoms with Crippen LogP contribution in [0.25, 0.3) is 6.08 Å². The van der Waals surface area contributed by atoms with Crippen molar-refractivity contribution in [3.05, 3.63) is 42.0 Å². The van der Waals surface area contributed by atoms with Crippen LogP contribution in [0.4, 0.5) is 0 Å². The van der Waals surface area contributed by atoms with Gasteiger partial charge in [-0.2, -0.15) is 0 Å². The molecule has 0 fully saturated rings. The fraction of sp³-hybridized carbons (Fsp3) is 0.529. The number of rotatable bonds is 4. The zero-order valence-corrected chi connectivity index (χ0v) is 12.0. The third kappa shape index (κ3) is 4.38. The van der Waals surface area contributed by atoms with E-state index in [1.807, 2.05) is 6.08 Å². The van der Waals surface area contributed by atoms with Gasteiger partial charge in [-0.3, -0.25) is 0 Å². The summed E-state index contributed by atoms with van der Waals surface area (Å²) in [5.74, 6) is 0. The van der Waals surface area contributed by atoms with E-state index in [1.165, 1.54) is 24.0 Å². The average molecular weight is 230 g/mol. The van der Waals surface area contributed by atoms with Crippen LogP contribution in [0.3, 0.4) is 0 Å². The third-order valence-corrected chi connectivity index (χ3v) is 3.43. The molecule has 0 nitrogen and oxygen atoms in total. The zero-order valence-electron chi connectivity index (χ0n) is 12.0. The van der Waals surface area contributed by atoms with Crippen LogP contribution in [-0.4, -0.2) is 0 Å². The molecule has 1 aromatic carbocycles. The molecular weight excluding hydrogens is 204 g/mol. The Kier molecular flexibility index (Phi) is 4.19.